The molecule has 0 aliphatic carbocycles. The third kappa shape index (κ3) is 20.9. The Labute approximate surface area is 253 Å². The molecule has 3 amide bonds. The van der Waals surface area contributed by atoms with Gasteiger partial charge in [-0.2, -0.15) is 0 Å². The Morgan fingerprint density at radius 3 is 1.90 bits per heavy atom. The molecule has 240 valence electrons. The first-order valence-corrected chi connectivity index (χ1v) is 15.9. The number of alkyl carbamates (subject to hydrolysis) is 1. The Morgan fingerprint density at radius 2 is 1.33 bits per heavy atom. The van der Waals surface area contributed by atoms with Crippen LogP contribution in [0, 0.1) is 5.92 Å². The van der Waals surface area contributed by atoms with Gasteiger partial charge in [-0.25, -0.2) is 19.3 Å². The Bertz CT molecular complexity index is 824. The zero-order chi connectivity index (χ0) is 30.7. The predicted molar refractivity (Wildman–Crippen MR) is 163 cm³/mol. The smallest absolute Gasteiger partial charge is 0.419 e. The zero-order valence-electron chi connectivity index (χ0n) is 26.3. The molecule has 0 atom stereocenters. The highest BCUT2D eigenvalue weighted by Gasteiger charge is 2.25. The molecule has 0 bridgehead atoms. The molecular formula is C32H55N3O7. The lowest BCUT2D eigenvalue weighted by Crippen LogP contribution is -2.38. The van der Waals surface area contributed by atoms with Crippen LogP contribution in [0.5, 0.6) is 0 Å². The summed E-state index contributed by atoms with van der Waals surface area (Å²) < 4.78 is 20.8. The third-order valence-corrected chi connectivity index (χ3v) is 6.49. The first-order valence-electron chi connectivity index (χ1n) is 15.9. The molecule has 0 aliphatic heterocycles. The summed E-state index contributed by atoms with van der Waals surface area (Å²) in [7, 11) is 0. The molecule has 0 saturated heterocycles. The lowest BCUT2D eigenvalue weighted by molar-refractivity contribution is 0.0321. The van der Waals surface area contributed by atoms with Gasteiger partial charge in [0.05, 0.1) is 32.1 Å². The summed E-state index contributed by atoms with van der Waals surface area (Å²) in [6.45, 7) is 7.05. The van der Waals surface area contributed by atoms with Gasteiger partial charge in [0.25, 0.3) is 0 Å². The van der Waals surface area contributed by atoms with E-state index >= 15 is 0 Å². The number of nitrogens with zero attached hydrogens (tertiary/aromatic N) is 2. The van der Waals surface area contributed by atoms with Crippen LogP contribution in [0.1, 0.15) is 110 Å². The number of imide groups is 1. The van der Waals surface area contributed by atoms with Crippen LogP contribution >= 0.6 is 0 Å². The van der Waals surface area contributed by atoms with Crippen molar-refractivity contribution in [2.24, 2.45) is 5.92 Å². The highest BCUT2D eigenvalue weighted by atomic mass is 16.6. The Balaban J connectivity index is 2.03. The summed E-state index contributed by atoms with van der Waals surface area (Å²) in [4.78, 5) is 41.8. The minimum atomic E-state index is -0.846. The zero-order valence-corrected chi connectivity index (χ0v) is 26.3. The number of aromatic nitrogens is 1. The van der Waals surface area contributed by atoms with Gasteiger partial charge in [0, 0.05) is 12.7 Å². The van der Waals surface area contributed by atoms with E-state index in [-0.39, 0.29) is 45.5 Å². The van der Waals surface area contributed by atoms with Crippen molar-refractivity contribution in [3.63, 3.8) is 0 Å². The topological polar surface area (TPSA) is 116 Å². The van der Waals surface area contributed by atoms with E-state index in [2.05, 4.69) is 17.2 Å². The standard InChI is InChI=1S/C32H55N3O7/c1-4-5-6-7-8-9-10-11-12-13-14-15-17-21-34-30(36)40-24-22-39-23-25-41-31(37)35(32(38)42-27-28(2)3)26-29-19-16-18-20-33-29/h16,18-20,28H,4-15,17,21-27H2,1-3H3,(H,34,36). The molecule has 0 saturated carbocycles. The number of ether oxygens (including phenoxy) is 4. The summed E-state index contributed by atoms with van der Waals surface area (Å²) in [6, 6.07) is 5.21. The molecule has 0 fully saturated rings. The SMILES string of the molecule is CCCCCCCCCCCCCCCNC(=O)OCCOCCOC(=O)N(Cc1ccccn1)C(=O)OCC(C)C. The van der Waals surface area contributed by atoms with E-state index in [9.17, 15) is 14.4 Å². The predicted octanol–water partition coefficient (Wildman–Crippen LogP) is 7.65. The quantitative estimate of drug-likeness (QED) is 0.0960. The molecule has 10 nitrogen and oxygen atoms in total. The Hall–Kier alpha value is -2.88. The summed E-state index contributed by atoms with van der Waals surface area (Å²) >= 11 is 0. The van der Waals surface area contributed by atoms with E-state index in [4.69, 9.17) is 18.9 Å². The number of amides is 3. The molecular weight excluding hydrogens is 538 g/mol. The van der Waals surface area contributed by atoms with Crippen LogP contribution in [0.3, 0.4) is 0 Å². The van der Waals surface area contributed by atoms with Gasteiger partial charge in [-0.05, 0) is 24.5 Å². The maximum atomic E-state index is 12.5. The highest BCUT2D eigenvalue weighted by Crippen LogP contribution is 2.12. The molecule has 1 N–H and O–H groups in total. The van der Waals surface area contributed by atoms with Gasteiger partial charge in [-0.1, -0.05) is 104 Å². The van der Waals surface area contributed by atoms with E-state index in [0.29, 0.717) is 12.2 Å². The number of carbonyl (C=O) groups excluding carboxylic acids is 3. The Morgan fingerprint density at radius 1 is 0.762 bits per heavy atom. The van der Waals surface area contributed by atoms with Gasteiger partial charge in [0.2, 0.25) is 0 Å². The second-order valence-corrected chi connectivity index (χ2v) is 10.9. The van der Waals surface area contributed by atoms with Crippen molar-refractivity contribution in [1.82, 2.24) is 15.2 Å². The van der Waals surface area contributed by atoms with Crippen molar-refractivity contribution in [2.75, 3.05) is 39.6 Å². The number of pyridine rings is 1. The first-order chi connectivity index (χ1) is 20.4. The molecule has 0 unspecified atom stereocenters. The number of hydrogen-bond acceptors (Lipinski definition) is 8. The number of rotatable bonds is 24. The number of carbonyl (C=O) groups is 3. The highest BCUT2D eigenvalue weighted by molar-refractivity contribution is 5.87. The first kappa shape index (κ1) is 37.1. The van der Waals surface area contributed by atoms with Gasteiger partial charge in [0.1, 0.15) is 13.2 Å². The maximum absolute atomic E-state index is 12.5. The average molecular weight is 594 g/mol. The molecule has 0 aromatic carbocycles. The number of nitrogens with one attached hydrogen (secondary N) is 1. The summed E-state index contributed by atoms with van der Waals surface area (Å²) in [6.07, 6.45) is 16.2. The molecule has 1 aromatic rings. The minimum Gasteiger partial charge on any atom is -0.449 e. The van der Waals surface area contributed by atoms with Crippen LogP contribution in [-0.4, -0.2) is 67.7 Å². The van der Waals surface area contributed by atoms with E-state index in [1.54, 1.807) is 24.4 Å². The summed E-state index contributed by atoms with van der Waals surface area (Å²) in [5.74, 6) is 0.124. The van der Waals surface area contributed by atoms with Gasteiger partial charge in [-0.3, -0.25) is 4.98 Å². The molecule has 1 aromatic heterocycles. The van der Waals surface area contributed by atoms with Gasteiger partial charge >= 0.3 is 18.3 Å². The van der Waals surface area contributed by atoms with Crippen molar-refractivity contribution >= 4 is 18.3 Å². The van der Waals surface area contributed by atoms with E-state index in [1.807, 2.05) is 13.8 Å². The lowest BCUT2D eigenvalue weighted by atomic mass is 10.0. The second-order valence-electron chi connectivity index (χ2n) is 10.9. The van der Waals surface area contributed by atoms with E-state index in [0.717, 1.165) is 17.7 Å². The Kier molecular flexibility index (Phi) is 22.8. The van der Waals surface area contributed by atoms with Crippen LogP contribution in [0.15, 0.2) is 24.4 Å². The summed E-state index contributed by atoms with van der Waals surface area (Å²) in [5, 5.41) is 2.76. The second kappa shape index (κ2) is 25.8. The normalized spacial score (nSPS) is 10.9. The molecule has 1 heterocycles. The molecule has 0 aliphatic rings. The third-order valence-electron chi connectivity index (χ3n) is 6.49. The minimum absolute atomic E-state index is 0.0692. The molecule has 42 heavy (non-hydrogen) atoms. The van der Waals surface area contributed by atoms with Crippen LogP contribution in [-0.2, 0) is 25.5 Å². The van der Waals surface area contributed by atoms with E-state index in [1.165, 1.54) is 70.6 Å². The van der Waals surface area contributed by atoms with Crippen LogP contribution in [0.25, 0.3) is 0 Å². The van der Waals surface area contributed by atoms with Gasteiger partial charge < -0.3 is 24.3 Å². The van der Waals surface area contributed by atoms with Gasteiger partial charge in [-0.15, -0.1) is 0 Å². The average Bonchev–Trinajstić information content (AvgIpc) is 2.98. The molecule has 0 radical (unpaired) electrons. The largest absolute Gasteiger partial charge is 0.449 e. The van der Waals surface area contributed by atoms with E-state index < -0.39 is 18.3 Å². The fraction of sp³-hybridized carbons (Fsp3) is 0.750. The van der Waals surface area contributed by atoms with Crippen LogP contribution < -0.4 is 5.32 Å². The van der Waals surface area contributed by atoms with Crippen molar-refractivity contribution in [2.45, 2.75) is 111 Å². The summed E-state index contributed by atoms with van der Waals surface area (Å²) in [5.41, 5.74) is 0.525. The fourth-order valence-corrected chi connectivity index (χ4v) is 4.12. The molecule has 1 rings (SSSR count). The molecule has 0 spiro atoms. The lowest BCUT2D eigenvalue weighted by Gasteiger charge is -2.20. The number of hydrogen-bond donors (Lipinski definition) is 1. The van der Waals surface area contributed by atoms with Crippen molar-refractivity contribution in [3.8, 4) is 0 Å². The monoisotopic (exact) mass is 593 g/mol. The van der Waals surface area contributed by atoms with Gasteiger partial charge in [0.15, 0.2) is 0 Å². The van der Waals surface area contributed by atoms with Crippen LogP contribution in [0.4, 0.5) is 14.4 Å². The maximum Gasteiger partial charge on any atom is 0.419 e. The molecule has 10 heteroatoms. The van der Waals surface area contributed by atoms with Crippen molar-refractivity contribution in [1.29, 1.82) is 0 Å². The van der Waals surface area contributed by atoms with Crippen molar-refractivity contribution < 1.29 is 33.3 Å². The fourth-order valence-electron chi connectivity index (χ4n) is 4.12. The van der Waals surface area contributed by atoms with Crippen molar-refractivity contribution in [3.05, 3.63) is 30.1 Å². The number of unbranched alkanes of at least 4 members (excludes halogenated alkanes) is 12. The van der Waals surface area contributed by atoms with Crippen LogP contribution in [0.2, 0.25) is 0 Å².